The highest BCUT2D eigenvalue weighted by Crippen LogP contribution is 2.20. The summed E-state index contributed by atoms with van der Waals surface area (Å²) in [4.78, 5) is 12.2. The molecule has 1 amide bonds. The van der Waals surface area contributed by atoms with E-state index in [4.69, 9.17) is 21.6 Å². The Bertz CT molecular complexity index is 708. The quantitative estimate of drug-likeness (QED) is 0.877. The molecule has 1 atom stereocenters. The fourth-order valence-corrected chi connectivity index (χ4v) is 2.03. The maximum atomic E-state index is 12.2. The van der Waals surface area contributed by atoms with Crippen LogP contribution in [0.25, 0.3) is 0 Å². The lowest BCUT2D eigenvalue weighted by molar-refractivity contribution is 0.0946. The van der Waals surface area contributed by atoms with Crippen LogP contribution in [0.3, 0.4) is 0 Å². The third-order valence-corrected chi connectivity index (χ3v) is 3.48. The predicted molar refractivity (Wildman–Crippen MR) is 89.3 cm³/mol. The largest absolute Gasteiger partial charge is 0.488 e. The van der Waals surface area contributed by atoms with Gasteiger partial charge in [0.1, 0.15) is 12.4 Å². The van der Waals surface area contributed by atoms with Crippen molar-refractivity contribution in [1.82, 2.24) is 5.32 Å². The smallest absolute Gasteiger partial charge is 0.255 e. The van der Waals surface area contributed by atoms with Gasteiger partial charge in [-0.05, 0) is 36.8 Å². The first-order valence-electron chi connectivity index (χ1n) is 7.24. The Morgan fingerprint density at radius 1 is 1.26 bits per heavy atom. The number of benzene rings is 2. The second kappa shape index (κ2) is 8.21. The molecule has 0 saturated heterocycles. The van der Waals surface area contributed by atoms with E-state index in [1.165, 1.54) is 0 Å². The maximum absolute atomic E-state index is 12.2. The molecule has 2 aromatic rings. The van der Waals surface area contributed by atoms with E-state index in [2.05, 4.69) is 11.4 Å². The summed E-state index contributed by atoms with van der Waals surface area (Å²) in [5.74, 6) is 0.0180. The fourth-order valence-electron chi connectivity index (χ4n) is 1.91. The molecule has 2 aromatic carbocycles. The highest BCUT2D eigenvalue weighted by molar-refractivity contribution is 6.30. The van der Waals surface area contributed by atoms with E-state index in [1.54, 1.807) is 37.3 Å². The van der Waals surface area contributed by atoms with Gasteiger partial charge in [0.15, 0.2) is 0 Å². The van der Waals surface area contributed by atoms with Crippen LogP contribution in [0.4, 0.5) is 0 Å². The highest BCUT2D eigenvalue weighted by atomic mass is 35.5. The summed E-state index contributed by atoms with van der Waals surface area (Å²) in [6.45, 7) is 2.40. The minimum Gasteiger partial charge on any atom is -0.488 e. The molecule has 2 rings (SSSR count). The van der Waals surface area contributed by atoms with Gasteiger partial charge in [0, 0.05) is 11.6 Å². The van der Waals surface area contributed by atoms with Gasteiger partial charge in [0.2, 0.25) is 0 Å². The van der Waals surface area contributed by atoms with Gasteiger partial charge in [0.25, 0.3) is 5.91 Å². The van der Waals surface area contributed by atoms with E-state index in [-0.39, 0.29) is 11.8 Å². The number of halogens is 1. The molecule has 118 valence electrons. The summed E-state index contributed by atoms with van der Waals surface area (Å²) in [6, 6.07) is 16.5. The topological polar surface area (TPSA) is 62.1 Å². The zero-order valence-corrected chi connectivity index (χ0v) is 13.5. The van der Waals surface area contributed by atoms with Gasteiger partial charge in [-0.3, -0.25) is 4.79 Å². The number of amides is 1. The Balaban J connectivity index is 2.03. The number of nitriles is 1. The van der Waals surface area contributed by atoms with Crippen LogP contribution < -0.4 is 10.1 Å². The summed E-state index contributed by atoms with van der Waals surface area (Å²) in [6.07, 6.45) is 0. The first-order chi connectivity index (χ1) is 11.1. The van der Waals surface area contributed by atoms with Crippen molar-refractivity contribution in [3.05, 3.63) is 64.7 Å². The van der Waals surface area contributed by atoms with Crippen LogP contribution in [-0.2, 0) is 6.61 Å². The predicted octanol–water partition coefficient (Wildman–Crippen LogP) is 3.81. The van der Waals surface area contributed by atoms with E-state index in [0.29, 0.717) is 29.5 Å². The molecule has 1 N–H and O–H groups in total. The molecule has 0 bridgehead atoms. The second-order valence-corrected chi connectivity index (χ2v) is 5.59. The third-order valence-electron chi connectivity index (χ3n) is 3.23. The molecule has 0 aromatic heterocycles. The number of hydrogen-bond donors (Lipinski definition) is 1. The van der Waals surface area contributed by atoms with E-state index < -0.39 is 0 Å². The van der Waals surface area contributed by atoms with E-state index in [9.17, 15) is 4.79 Å². The Hall–Kier alpha value is -2.51. The van der Waals surface area contributed by atoms with Crippen molar-refractivity contribution in [2.75, 3.05) is 6.54 Å². The minimum atomic E-state index is -0.251. The first-order valence-corrected chi connectivity index (χ1v) is 7.62. The normalized spacial score (nSPS) is 11.3. The number of nitrogens with zero attached hydrogens (tertiary/aromatic N) is 1. The molecule has 4 nitrogen and oxygen atoms in total. The average Bonchev–Trinajstić information content (AvgIpc) is 2.59. The molecule has 0 spiro atoms. The van der Waals surface area contributed by atoms with E-state index in [0.717, 1.165) is 5.56 Å². The minimum absolute atomic E-state index is 0.235. The lowest BCUT2D eigenvalue weighted by Gasteiger charge is -2.12. The van der Waals surface area contributed by atoms with Crippen molar-refractivity contribution < 1.29 is 9.53 Å². The van der Waals surface area contributed by atoms with Crippen LogP contribution in [0, 0.1) is 17.2 Å². The molecule has 0 radical (unpaired) electrons. The van der Waals surface area contributed by atoms with Crippen molar-refractivity contribution in [1.29, 1.82) is 5.26 Å². The van der Waals surface area contributed by atoms with Crippen molar-refractivity contribution >= 4 is 17.5 Å². The van der Waals surface area contributed by atoms with Gasteiger partial charge in [-0.2, -0.15) is 5.26 Å². The van der Waals surface area contributed by atoms with Crippen LogP contribution in [0.2, 0.25) is 5.02 Å². The lowest BCUT2D eigenvalue weighted by atomic mass is 10.1. The average molecular weight is 329 g/mol. The van der Waals surface area contributed by atoms with Gasteiger partial charge < -0.3 is 10.1 Å². The molecule has 1 unspecified atom stereocenters. The molecule has 0 heterocycles. The third kappa shape index (κ3) is 5.01. The summed E-state index contributed by atoms with van der Waals surface area (Å²) in [5, 5.41) is 12.2. The molecule has 0 aliphatic rings. The number of rotatable bonds is 6. The zero-order valence-electron chi connectivity index (χ0n) is 12.8. The van der Waals surface area contributed by atoms with Gasteiger partial charge >= 0.3 is 0 Å². The molecule has 5 heteroatoms. The summed E-state index contributed by atoms with van der Waals surface area (Å²) in [5.41, 5.74) is 1.41. The number of carbonyl (C=O) groups excluding carboxylic acids is 1. The summed E-state index contributed by atoms with van der Waals surface area (Å²) < 4.78 is 5.75. The van der Waals surface area contributed by atoms with Crippen LogP contribution in [0.15, 0.2) is 48.5 Å². The number of nitrogens with one attached hydrogen (secondary N) is 1. The van der Waals surface area contributed by atoms with Crippen molar-refractivity contribution in [2.45, 2.75) is 13.5 Å². The number of para-hydroxylation sites is 1. The van der Waals surface area contributed by atoms with Gasteiger partial charge in [-0.1, -0.05) is 35.9 Å². The molecule has 0 aliphatic carbocycles. The number of carbonyl (C=O) groups is 1. The van der Waals surface area contributed by atoms with E-state index in [1.807, 2.05) is 18.2 Å². The highest BCUT2D eigenvalue weighted by Gasteiger charge is 2.13. The Labute approximate surface area is 140 Å². The molecule has 0 fully saturated rings. The molecule has 23 heavy (non-hydrogen) atoms. The van der Waals surface area contributed by atoms with Gasteiger partial charge in [-0.15, -0.1) is 0 Å². The van der Waals surface area contributed by atoms with Gasteiger partial charge in [-0.25, -0.2) is 0 Å². The van der Waals surface area contributed by atoms with Crippen molar-refractivity contribution in [3.8, 4) is 11.8 Å². The Kier molecular flexibility index (Phi) is 6.02. The molecular weight excluding hydrogens is 312 g/mol. The van der Waals surface area contributed by atoms with Gasteiger partial charge in [0.05, 0.1) is 17.6 Å². The Morgan fingerprint density at radius 3 is 2.65 bits per heavy atom. The van der Waals surface area contributed by atoms with Crippen molar-refractivity contribution in [3.63, 3.8) is 0 Å². The van der Waals surface area contributed by atoms with Crippen LogP contribution >= 0.6 is 11.6 Å². The van der Waals surface area contributed by atoms with Crippen molar-refractivity contribution in [2.24, 2.45) is 5.92 Å². The number of hydrogen-bond acceptors (Lipinski definition) is 3. The molecule has 0 aliphatic heterocycles. The lowest BCUT2D eigenvalue weighted by Crippen LogP contribution is -2.28. The fraction of sp³-hybridized carbons (Fsp3) is 0.222. The van der Waals surface area contributed by atoms with Crippen LogP contribution in [0.5, 0.6) is 5.75 Å². The molecule has 0 saturated carbocycles. The standard InChI is InChI=1S/C18H17ClN2O2/c1-13(10-20)11-21-18(22)16-4-2-3-5-17(16)23-12-14-6-8-15(19)9-7-14/h2-9,13H,11-12H2,1H3,(H,21,22). The monoisotopic (exact) mass is 328 g/mol. The molecular formula is C18H17ClN2O2. The maximum Gasteiger partial charge on any atom is 0.255 e. The van der Waals surface area contributed by atoms with Crippen LogP contribution in [0.1, 0.15) is 22.8 Å². The number of ether oxygens (including phenoxy) is 1. The zero-order chi connectivity index (χ0) is 16.7. The van der Waals surface area contributed by atoms with E-state index >= 15 is 0 Å². The second-order valence-electron chi connectivity index (χ2n) is 5.15. The first kappa shape index (κ1) is 16.9. The Morgan fingerprint density at radius 2 is 1.96 bits per heavy atom. The van der Waals surface area contributed by atoms with Crippen LogP contribution in [-0.4, -0.2) is 12.5 Å². The summed E-state index contributed by atoms with van der Waals surface area (Å²) >= 11 is 5.85. The SMILES string of the molecule is CC(C#N)CNC(=O)c1ccccc1OCc1ccc(Cl)cc1. The summed E-state index contributed by atoms with van der Waals surface area (Å²) in [7, 11) is 0.